The van der Waals surface area contributed by atoms with Crippen LogP contribution < -0.4 is 5.73 Å². The van der Waals surface area contributed by atoms with E-state index in [1.165, 1.54) is 32.5 Å². The summed E-state index contributed by atoms with van der Waals surface area (Å²) in [5, 5.41) is 4.21. The number of nitrogens with zero attached hydrogens (tertiary/aromatic N) is 4. The third kappa shape index (κ3) is 3.46. The number of hydrogen-bond donors (Lipinski definition) is 1. The summed E-state index contributed by atoms with van der Waals surface area (Å²) >= 11 is 0. The molecule has 5 nitrogen and oxygen atoms in total. The minimum atomic E-state index is 0.723. The van der Waals surface area contributed by atoms with E-state index in [-0.39, 0.29) is 0 Å². The van der Waals surface area contributed by atoms with Crippen molar-refractivity contribution in [2.75, 3.05) is 39.0 Å². The van der Waals surface area contributed by atoms with Crippen LogP contribution in [0.1, 0.15) is 19.8 Å². The standard InChI is InChI=1S/C13H25N5/c1-3-17-6-4-13(5-7-17)16(2)8-9-18-11-12(14)10-15-18/h10-11,13H,3-9,14H2,1-2H3. The van der Waals surface area contributed by atoms with Crippen molar-refractivity contribution in [3.63, 3.8) is 0 Å². The zero-order chi connectivity index (χ0) is 13.0. The van der Waals surface area contributed by atoms with Crippen LogP contribution in [0.5, 0.6) is 0 Å². The number of piperidine rings is 1. The van der Waals surface area contributed by atoms with Crippen molar-refractivity contribution in [2.45, 2.75) is 32.4 Å². The normalized spacial score (nSPS) is 18.6. The fraction of sp³-hybridized carbons (Fsp3) is 0.769. The lowest BCUT2D eigenvalue weighted by Gasteiger charge is -2.36. The van der Waals surface area contributed by atoms with Crippen LogP contribution in [0.25, 0.3) is 0 Å². The molecule has 0 atom stereocenters. The Balaban J connectivity index is 1.73. The summed E-state index contributed by atoms with van der Waals surface area (Å²) < 4.78 is 1.92. The molecular weight excluding hydrogens is 226 g/mol. The molecule has 0 unspecified atom stereocenters. The maximum absolute atomic E-state index is 5.66. The van der Waals surface area contributed by atoms with Crippen LogP contribution in [0.2, 0.25) is 0 Å². The van der Waals surface area contributed by atoms with Crippen molar-refractivity contribution in [3.8, 4) is 0 Å². The molecule has 1 saturated heterocycles. The van der Waals surface area contributed by atoms with Gasteiger partial charge in [0.2, 0.25) is 0 Å². The van der Waals surface area contributed by atoms with Gasteiger partial charge in [-0.05, 0) is 39.5 Å². The maximum Gasteiger partial charge on any atom is 0.0719 e. The molecule has 0 aromatic carbocycles. The molecule has 1 aliphatic heterocycles. The van der Waals surface area contributed by atoms with Crippen molar-refractivity contribution in [3.05, 3.63) is 12.4 Å². The van der Waals surface area contributed by atoms with Gasteiger partial charge in [-0.1, -0.05) is 6.92 Å². The molecule has 0 bridgehead atoms. The molecule has 1 fully saturated rings. The summed E-state index contributed by atoms with van der Waals surface area (Å²) in [4.78, 5) is 4.99. The Morgan fingerprint density at radius 2 is 2.17 bits per heavy atom. The SMILES string of the molecule is CCN1CCC(N(C)CCn2cc(N)cn2)CC1. The van der Waals surface area contributed by atoms with Gasteiger partial charge >= 0.3 is 0 Å². The number of anilines is 1. The minimum Gasteiger partial charge on any atom is -0.396 e. The fourth-order valence-corrected chi connectivity index (χ4v) is 2.62. The summed E-state index contributed by atoms with van der Waals surface area (Å²) in [6, 6.07) is 0.723. The van der Waals surface area contributed by atoms with Crippen LogP contribution in [0.4, 0.5) is 5.69 Å². The van der Waals surface area contributed by atoms with Crippen molar-refractivity contribution >= 4 is 5.69 Å². The number of nitrogens with two attached hydrogens (primary N) is 1. The first-order valence-corrected chi connectivity index (χ1v) is 6.89. The molecule has 1 aromatic rings. The second-order valence-corrected chi connectivity index (χ2v) is 5.18. The molecule has 18 heavy (non-hydrogen) atoms. The summed E-state index contributed by atoms with van der Waals surface area (Å²) in [7, 11) is 2.22. The van der Waals surface area contributed by atoms with Crippen molar-refractivity contribution in [2.24, 2.45) is 0 Å². The quantitative estimate of drug-likeness (QED) is 0.844. The Morgan fingerprint density at radius 1 is 1.44 bits per heavy atom. The molecule has 0 aliphatic carbocycles. The van der Waals surface area contributed by atoms with Crippen molar-refractivity contribution in [1.82, 2.24) is 19.6 Å². The molecule has 0 saturated carbocycles. The molecule has 2 heterocycles. The van der Waals surface area contributed by atoms with E-state index in [4.69, 9.17) is 5.73 Å². The van der Waals surface area contributed by atoms with Crippen molar-refractivity contribution < 1.29 is 0 Å². The van der Waals surface area contributed by atoms with Gasteiger partial charge < -0.3 is 15.5 Å². The highest BCUT2D eigenvalue weighted by molar-refractivity contribution is 5.30. The minimum absolute atomic E-state index is 0.723. The number of aromatic nitrogens is 2. The number of hydrogen-bond acceptors (Lipinski definition) is 4. The Hall–Kier alpha value is -1.07. The highest BCUT2D eigenvalue weighted by Gasteiger charge is 2.21. The molecule has 2 N–H and O–H groups in total. The number of likely N-dealkylation sites (tertiary alicyclic amines) is 1. The van der Waals surface area contributed by atoms with Gasteiger partial charge in [-0.3, -0.25) is 4.68 Å². The van der Waals surface area contributed by atoms with E-state index >= 15 is 0 Å². The largest absolute Gasteiger partial charge is 0.396 e. The van der Waals surface area contributed by atoms with Crippen LogP contribution in [-0.4, -0.2) is 58.8 Å². The lowest BCUT2D eigenvalue weighted by molar-refractivity contribution is 0.128. The Labute approximate surface area is 110 Å². The van der Waals surface area contributed by atoms with Crippen LogP contribution in [0.15, 0.2) is 12.4 Å². The summed E-state index contributed by atoms with van der Waals surface area (Å²) in [6.45, 7) is 7.86. The third-order valence-electron chi connectivity index (χ3n) is 3.96. The van der Waals surface area contributed by atoms with E-state index in [0.717, 1.165) is 24.8 Å². The average molecular weight is 251 g/mol. The Kier molecular flexibility index (Phi) is 4.60. The highest BCUT2D eigenvalue weighted by Crippen LogP contribution is 2.15. The number of nitrogen functional groups attached to an aromatic ring is 1. The van der Waals surface area contributed by atoms with Gasteiger partial charge in [-0.15, -0.1) is 0 Å². The van der Waals surface area contributed by atoms with Crippen LogP contribution in [-0.2, 0) is 6.54 Å². The first kappa shape index (κ1) is 13.4. The van der Waals surface area contributed by atoms with Crippen LogP contribution in [0, 0.1) is 0 Å². The summed E-state index contributed by atoms with van der Waals surface area (Å²) in [6.07, 6.45) is 6.17. The van der Waals surface area contributed by atoms with Gasteiger partial charge in [-0.25, -0.2) is 0 Å². The summed E-state index contributed by atoms with van der Waals surface area (Å²) in [5.74, 6) is 0. The second-order valence-electron chi connectivity index (χ2n) is 5.18. The Bertz CT molecular complexity index is 354. The van der Waals surface area contributed by atoms with E-state index in [1.54, 1.807) is 6.20 Å². The van der Waals surface area contributed by atoms with E-state index in [9.17, 15) is 0 Å². The molecule has 2 rings (SSSR count). The van der Waals surface area contributed by atoms with Gasteiger partial charge in [0.25, 0.3) is 0 Å². The molecule has 0 amide bonds. The van der Waals surface area contributed by atoms with E-state index < -0.39 is 0 Å². The van der Waals surface area contributed by atoms with Gasteiger partial charge in [0.05, 0.1) is 18.4 Å². The lowest BCUT2D eigenvalue weighted by atomic mass is 10.0. The molecule has 0 spiro atoms. The summed E-state index contributed by atoms with van der Waals surface area (Å²) in [5.41, 5.74) is 6.40. The predicted molar refractivity (Wildman–Crippen MR) is 74.4 cm³/mol. The van der Waals surface area contributed by atoms with Crippen molar-refractivity contribution in [1.29, 1.82) is 0 Å². The predicted octanol–water partition coefficient (Wildman–Crippen LogP) is 0.881. The smallest absolute Gasteiger partial charge is 0.0719 e. The molecule has 102 valence electrons. The van der Waals surface area contributed by atoms with E-state index in [2.05, 4.69) is 28.9 Å². The molecule has 5 heteroatoms. The van der Waals surface area contributed by atoms with Gasteiger partial charge in [0.1, 0.15) is 0 Å². The maximum atomic E-state index is 5.66. The van der Waals surface area contributed by atoms with Gasteiger partial charge in [0, 0.05) is 18.8 Å². The first-order valence-electron chi connectivity index (χ1n) is 6.89. The number of rotatable bonds is 5. The third-order valence-corrected chi connectivity index (χ3v) is 3.96. The monoisotopic (exact) mass is 251 g/mol. The molecule has 1 aromatic heterocycles. The Morgan fingerprint density at radius 3 is 2.72 bits per heavy atom. The van der Waals surface area contributed by atoms with Gasteiger partial charge in [0.15, 0.2) is 0 Å². The molecular formula is C13H25N5. The zero-order valence-corrected chi connectivity index (χ0v) is 11.5. The lowest BCUT2D eigenvalue weighted by Crippen LogP contribution is -2.44. The topological polar surface area (TPSA) is 50.3 Å². The molecule has 0 radical (unpaired) electrons. The second kappa shape index (κ2) is 6.20. The number of likely N-dealkylation sites (N-methyl/N-ethyl adjacent to an activating group) is 1. The average Bonchev–Trinajstić information content (AvgIpc) is 2.82. The molecule has 1 aliphatic rings. The van der Waals surface area contributed by atoms with Gasteiger partial charge in [-0.2, -0.15) is 5.10 Å². The fourth-order valence-electron chi connectivity index (χ4n) is 2.62. The van der Waals surface area contributed by atoms with E-state index in [0.29, 0.717) is 0 Å². The zero-order valence-electron chi connectivity index (χ0n) is 11.5. The van der Waals surface area contributed by atoms with E-state index in [1.807, 2.05) is 10.9 Å². The highest BCUT2D eigenvalue weighted by atomic mass is 15.3. The van der Waals surface area contributed by atoms with Crippen LogP contribution >= 0.6 is 0 Å². The van der Waals surface area contributed by atoms with Crippen LogP contribution in [0.3, 0.4) is 0 Å². The first-order chi connectivity index (χ1) is 8.69.